The summed E-state index contributed by atoms with van der Waals surface area (Å²) < 4.78 is 0. The summed E-state index contributed by atoms with van der Waals surface area (Å²) in [4.78, 5) is 11.1. The number of rotatable bonds is 10. The molecule has 0 spiro atoms. The summed E-state index contributed by atoms with van der Waals surface area (Å²) in [5.74, 6) is -0.819. The molecule has 0 atom stereocenters. The first-order valence-electron chi connectivity index (χ1n) is 8.30. The molecule has 0 radical (unpaired) electrons. The van der Waals surface area contributed by atoms with Crippen molar-refractivity contribution in [2.45, 2.75) is 60.3 Å². The van der Waals surface area contributed by atoms with Crippen LogP contribution in [0.1, 0.15) is 60.3 Å². The first-order valence-corrected chi connectivity index (χ1v) is 8.30. The fourth-order valence-corrected chi connectivity index (χ4v) is 2.09. The monoisotopic (exact) mass is 320 g/mol. The fraction of sp³-hybridized carbons (Fsp3) is 0.550. The maximum Gasteiger partial charge on any atom is 0.331 e. The summed E-state index contributed by atoms with van der Waals surface area (Å²) in [5.41, 5.74) is 4.00. The van der Waals surface area contributed by atoms with Gasteiger partial charge in [-0.3, -0.25) is 0 Å². The summed E-state index contributed by atoms with van der Waals surface area (Å²) in [7, 11) is 0. The Morgan fingerprint density at radius 3 is 1.91 bits per heavy atom. The molecule has 0 fully saturated rings. The molecular weight excluding hydrogens is 288 g/mol. The van der Waals surface area contributed by atoms with Gasteiger partial charge >= 0.3 is 5.97 Å². The largest absolute Gasteiger partial charge is 0.478 e. The van der Waals surface area contributed by atoms with Gasteiger partial charge in [-0.25, -0.2) is 4.79 Å². The number of aliphatic hydroxyl groups is 1. The van der Waals surface area contributed by atoms with Gasteiger partial charge in [-0.15, -0.1) is 0 Å². The van der Waals surface area contributed by atoms with E-state index >= 15 is 0 Å². The van der Waals surface area contributed by atoms with Crippen molar-refractivity contribution in [3.05, 3.63) is 46.6 Å². The molecule has 0 aliphatic carbocycles. The Morgan fingerprint density at radius 1 is 0.913 bits per heavy atom. The van der Waals surface area contributed by atoms with Crippen molar-refractivity contribution in [3.63, 3.8) is 0 Å². The molecule has 3 nitrogen and oxygen atoms in total. The van der Waals surface area contributed by atoms with Gasteiger partial charge in [0.15, 0.2) is 0 Å². The molecule has 23 heavy (non-hydrogen) atoms. The van der Waals surface area contributed by atoms with Gasteiger partial charge in [0.2, 0.25) is 0 Å². The van der Waals surface area contributed by atoms with Crippen LogP contribution >= 0.6 is 0 Å². The van der Waals surface area contributed by atoms with E-state index < -0.39 is 5.97 Å². The number of allylic oxidation sites excluding steroid dienone is 6. The number of carboxylic acids is 1. The molecule has 2 N–H and O–H groups in total. The Morgan fingerprint density at radius 2 is 1.43 bits per heavy atom. The van der Waals surface area contributed by atoms with Gasteiger partial charge in [-0.05, 0) is 52.4 Å². The highest BCUT2D eigenvalue weighted by molar-refractivity contribution is 5.87. The molecule has 0 saturated carbocycles. The number of aliphatic carboxylic acids is 1. The fourth-order valence-electron chi connectivity index (χ4n) is 2.09. The molecule has 0 amide bonds. The Kier molecular flexibility index (Phi) is 11.1. The molecular formula is C20H32O3. The number of carboxylic acid groups (broad SMARTS) is 1. The van der Waals surface area contributed by atoms with Crippen LogP contribution in [-0.4, -0.2) is 22.8 Å². The van der Waals surface area contributed by atoms with E-state index in [9.17, 15) is 4.79 Å². The van der Waals surface area contributed by atoms with Crippen LogP contribution in [0.25, 0.3) is 0 Å². The van der Waals surface area contributed by atoms with Gasteiger partial charge in [0, 0.05) is 5.57 Å². The van der Waals surface area contributed by atoms with Gasteiger partial charge in [0.25, 0.3) is 0 Å². The molecule has 0 heterocycles. The molecule has 0 aromatic carbocycles. The van der Waals surface area contributed by atoms with E-state index in [1.165, 1.54) is 11.1 Å². The van der Waals surface area contributed by atoms with Gasteiger partial charge in [0.05, 0.1) is 6.61 Å². The third-order valence-corrected chi connectivity index (χ3v) is 3.73. The predicted octanol–water partition coefficient (Wildman–Crippen LogP) is 5.05. The van der Waals surface area contributed by atoms with Crippen molar-refractivity contribution >= 4 is 5.97 Å². The van der Waals surface area contributed by atoms with Gasteiger partial charge in [-0.2, -0.15) is 0 Å². The zero-order valence-electron chi connectivity index (χ0n) is 15.2. The van der Waals surface area contributed by atoms with E-state index in [0.717, 1.165) is 31.3 Å². The van der Waals surface area contributed by atoms with Crippen LogP contribution in [0.3, 0.4) is 0 Å². The van der Waals surface area contributed by atoms with Crippen LogP contribution in [0.4, 0.5) is 0 Å². The second-order valence-electron chi connectivity index (χ2n) is 6.43. The Hall–Kier alpha value is -1.61. The van der Waals surface area contributed by atoms with E-state index in [1.54, 1.807) is 6.08 Å². The average molecular weight is 320 g/mol. The summed E-state index contributed by atoms with van der Waals surface area (Å²) >= 11 is 0. The Bertz CT molecular complexity index is 491. The maximum absolute atomic E-state index is 11.1. The van der Waals surface area contributed by atoms with Gasteiger partial charge < -0.3 is 10.2 Å². The van der Waals surface area contributed by atoms with Gasteiger partial charge in [0.1, 0.15) is 0 Å². The Balaban J connectivity index is 4.39. The molecule has 0 bridgehead atoms. The number of hydrogen-bond donors (Lipinski definition) is 2. The number of hydrogen-bond acceptors (Lipinski definition) is 2. The van der Waals surface area contributed by atoms with Crippen molar-refractivity contribution in [3.8, 4) is 0 Å². The van der Waals surface area contributed by atoms with E-state index in [0.29, 0.717) is 5.57 Å². The lowest BCUT2D eigenvalue weighted by atomic mass is 10.0. The SMILES string of the molecule is CC(=CCCC(C)=CCCC(C)=CC=C(C(=O)O)C(C)C)CO. The zero-order chi connectivity index (χ0) is 17.8. The minimum atomic E-state index is -0.842. The van der Waals surface area contributed by atoms with Crippen LogP contribution in [0.2, 0.25) is 0 Å². The molecule has 130 valence electrons. The summed E-state index contributed by atoms with van der Waals surface area (Å²) in [6, 6.07) is 0. The molecule has 3 heteroatoms. The highest BCUT2D eigenvalue weighted by atomic mass is 16.4. The normalized spacial score (nSPS) is 14.6. The number of aliphatic hydroxyl groups excluding tert-OH is 1. The Labute approximate surface area is 141 Å². The molecule has 0 aromatic heterocycles. The first kappa shape index (κ1) is 21.4. The number of carbonyl (C=O) groups is 1. The minimum Gasteiger partial charge on any atom is -0.478 e. The third kappa shape index (κ3) is 10.7. The van der Waals surface area contributed by atoms with Crippen LogP contribution in [0.15, 0.2) is 46.6 Å². The second kappa shape index (κ2) is 11.9. The van der Waals surface area contributed by atoms with Crippen molar-refractivity contribution in [1.82, 2.24) is 0 Å². The lowest BCUT2D eigenvalue weighted by Crippen LogP contribution is -2.06. The average Bonchev–Trinajstić information content (AvgIpc) is 2.46. The second-order valence-corrected chi connectivity index (χ2v) is 6.43. The highest BCUT2D eigenvalue weighted by Gasteiger charge is 2.09. The van der Waals surface area contributed by atoms with Crippen LogP contribution in [0, 0.1) is 5.92 Å². The van der Waals surface area contributed by atoms with E-state index in [4.69, 9.17) is 10.2 Å². The minimum absolute atomic E-state index is 0.0223. The molecule has 0 aromatic rings. The topological polar surface area (TPSA) is 57.5 Å². The van der Waals surface area contributed by atoms with Crippen molar-refractivity contribution in [2.75, 3.05) is 6.61 Å². The van der Waals surface area contributed by atoms with E-state index in [2.05, 4.69) is 19.1 Å². The third-order valence-electron chi connectivity index (χ3n) is 3.73. The lowest BCUT2D eigenvalue weighted by molar-refractivity contribution is -0.133. The standard InChI is InChI=1S/C20H32O3/c1-15(2)19(20(22)23)13-12-17(4)10-6-8-16(3)9-7-11-18(5)14-21/h8,11-13,15,21H,6-7,9-10,14H2,1-5H3,(H,22,23). The highest BCUT2D eigenvalue weighted by Crippen LogP contribution is 2.14. The lowest BCUT2D eigenvalue weighted by Gasteiger charge is -2.05. The zero-order valence-corrected chi connectivity index (χ0v) is 15.2. The van der Waals surface area contributed by atoms with E-state index in [1.807, 2.05) is 33.8 Å². The molecule has 0 aliphatic heterocycles. The van der Waals surface area contributed by atoms with Crippen molar-refractivity contribution in [2.24, 2.45) is 5.92 Å². The summed E-state index contributed by atoms with van der Waals surface area (Å²) in [6.07, 6.45) is 11.8. The van der Waals surface area contributed by atoms with Gasteiger partial charge in [-0.1, -0.05) is 54.9 Å². The van der Waals surface area contributed by atoms with Crippen LogP contribution in [-0.2, 0) is 4.79 Å². The first-order chi connectivity index (χ1) is 10.8. The van der Waals surface area contributed by atoms with Crippen molar-refractivity contribution < 1.29 is 15.0 Å². The quantitative estimate of drug-likeness (QED) is 0.336. The predicted molar refractivity (Wildman–Crippen MR) is 97.4 cm³/mol. The summed E-state index contributed by atoms with van der Waals surface area (Å²) in [6.45, 7) is 10.0. The molecule has 0 unspecified atom stereocenters. The van der Waals surface area contributed by atoms with Crippen molar-refractivity contribution in [1.29, 1.82) is 0 Å². The summed E-state index contributed by atoms with van der Waals surface area (Å²) in [5, 5.41) is 18.0. The maximum atomic E-state index is 11.1. The van der Waals surface area contributed by atoms with Crippen LogP contribution < -0.4 is 0 Å². The molecule has 0 saturated heterocycles. The van der Waals surface area contributed by atoms with E-state index in [-0.39, 0.29) is 12.5 Å². The smallest absolute Gasteiger partial charge is 0.331 e. The molecule has 0 rings (SSSR count). The van der Waals surface area contributed by atoms with Crippen LogP contribution in [0.5, 0.6) is 0 Å². The molecule has 0 aliphatic rings.